The Morgan fingerprint density at radius 3 is 2.12 bits per heavy atom. The Bertz CT molecular complexity index is 716. The van der Waals surface area contributed by atoms with E-state index in [1.807, 2.05) is 30.3 Å². The highest BCUT2D eigenvalue weighted by Gasteiger charge is 2.49. The molecule has 0 atom stereocenters. The molecule has 0 unspecified atom stereocenters. The summed E-state index contributed by atoms with van der Waals surface area (Å²) in [6, 6.07) is 16.5. The summed E-state index contributed by atoms with van der Waals surface area (Å²) < 4.78 is 32.6. The summed E-state index contributed by atoms with van der Waals surface area (Å²) in [6.07, 6.45) is -0.907. The third-order valence-corrected chi connectivity index (χ3v) is 4.90. The lowest BCUT2D eigenvalue weighted by Gasteiger charge is -2.37. The number of hydrogen-bond donors (Lipinski definition) is 1. The van der Waals surface area contributed by atoms with E-state index in [0.717, 1.165) is 5.56 Å². The highest BCUT2D eigenvalue weighted by atomic mass is 19.3. The summed E-state index contributed by atoms with van der Waals surface area (Å²) in [5.41, 5.74) is 0.352. The minimum atomic E-state index is -2.77. The highest BCUT2D eigenvalue weighted by Crippen LogP contribution is 2.45. The third kappa shape index (κ3) is 3.81. The summed E-state index contributed by atoms with van der Waals surface area (Å²) in [6.45, 7) is 0.413. The Labute approximate surface area is 145 Å². The van der Waals surface area contributed by atoms with Crippen LogP contribution >= 0.6 is 0 Å². The first-order valence-electron chi connectivity index (χ1n) is 8.30. The predicted molar refractivity (Wildman–Crippen MR) is 89.9 cm³/mol. The van der Waals surface area contributed by atoms with Gasteiger partial charge in [-0.05, 0) is 36.1 Å². The van der Waals surface area contributed by atoms with Crippen molar-refractivity contribution in [3.8, 4) is 5.75 Å². The van der Waals surface area contributed by atoms with Crippen molar-refractivity contribution < 1.29 is 23.4 Å². The van der Waals surface area contributed by atoms with Crippen molar-refractivity contribution in [2.24, 2.45) is 0 Å². The number of carboxylic acid groups (broad SMARTS) is 1. The molecule has 2 aromatic carbocycles. The Morgan fingerprint density at radius 1 is 0.960 bits per heavy atom. The lowest BCUT2D eigenvalue weighted by molar-refractivity contribution is -0.149. The van der Waals surface area contributed by atoms with Crippen LogP contribution in [0.2, 0.25) is 0 Å². The van der Waals surface area contributed by atoms with Crippen molar-refractivity contribution >= 4 is 5.97 Å². The van der Waals surface area contributed by atoms with Crippen LogP contribution in [0.15, 0.2) is 54.6 Å². The van der Waals surface area contributed by atoms with E-state index in [1.54, 1.807) is 24.3 Å². The maximum atomic E-state index is 13.4. The molecule has 5 heteroatoms. The smallest absolute Gasteiger partial charge is 0.314 e. The molecule has 3 rings (SSSR count). The molecule has 1 aliphatic carbocycles. The standard InChI is InChI=1S/C20H20F2O3/c21-20(22)12-10-19(11-13-20,18(23)24)16-6-8-17(9-7-16)25-14-15-4-2-1-3-5-15/h1-9H,10-14H2,(H,23,24). The molecule has 0 amide bonds. The van der Waals surface area contributed by atoms with E-state index >= 15 is 0 Å². The second kappa shape index (κ2) is 6.82. The molecule has 0 saturated heterocycles. The molecule has 1 aliphatic rings. The van der Waals surface area contributed by atoms with Crippen LogP contribution in [0.4, 0.5) is 8.78 Å². The molecule has 25 heavy (non-hydrogen) atoms. The van der Waals surface area contributed by atoms with Crippen LogP contribution in [0.1, 0.15) is 36.8 Å². The lowest BCUT2D eigenvalue weighted by Crippen LogP contribution is -2.42. The number of alkyl halides is 2. The van der Waals surface area contributed by atoms with E-state index in [9.17, 15) is 18.7 Å². The Morgan fingerprint density at radius 2 is 1.56 bits per heavy atom. The van der Waals surface area contributed by atoms with Crippen molar-refractivity contribution in [3.63, 3.8) is 0 Å². The first-order chi connectivity index (χ1) is 11.9. The summed E-state index contributed by atoms with van der Waals surface area (Å²) in [5, 5.41) is 9.66. The van der Waals surface area contributed by atoms with E-state index < -0.39 is 30.1 Å². The molecule has 3 nitrogen and oxygen atoms in total. The maximum Gasteiger partial charge on any atom is 0.314 e. The molecule has 0 radical (unpaired) electrons. The van der Waals surface area contributed by atoms with E-state index in [0.29, 0.717) is 17.9 Å². The van der Waals surface area contributed by atoms with Crippen LogP contribution in [0, 0.1) is 0 Å². The van der Waals surface area contributed by atoms with Gasteiger partial charge in [-0.25, -0.2) is 8.78 Å². The molecule has 0 heterocycles. The Hall–Kier alpha value is -2.43. The van der Waals surface area contributed by atoms with Gasteiger partial charge in [0.1, 0.15) is 12.4 Å². The molecule has 1 N–H and O–H groups in total. The molecular formula is C20H20F2O3. The summed E-state index contributed by atoms with van der Waals surface area (Å²) in [7, 11) is 0. The third-order valence-electron chi connectivity index (χ3n) is 4.90. The van der Waals surface area contributed by atoms with Gasteiger partial charge in [0.05, 0.1) is 5.41 Å². The fourth-order valence-electron chi connectivity index (χ4n) is 3.28. The van der Waals surface area contributed by atoms with Crippen LogP contribution in [-0.2, 0) is 16.8 Å². The fraction of sp³-hybridized carbons (Fsp3) is 0.350. The van der Waals surface area contributed by atoms with Gasteiger partial charge >= 0.3 is 5.97 Å². The minimum Gasteiger partial charge on any atom is -0.489 e. The van der Waals surface area contributed by atoms with Gasteiger partial charge in [0, 0.05) is 12.8 Å². The zero-order chi connectivity index (χ0) is 17.9. The number of rotatable bonds is 5. The van der Waals surface area contributed by atoms with E-state index in [2.05, 4.69) is 0 Å². The molecule has 0 aliphatic heterocycles. The van der Waals surface area contributed by atoms with E-state index in [-0.39, 0.29) is 12.8 Å². The molecule has 0 spiro atoms. The van der Waals surface area contributed by atoms with E-state index in [4.69, 9.17) is 4.74 Å². The summed E-state index contributed by atoms with van der Waals surface area (Å²) >= 11 is 0. The number of hydrogen-bond acceptors (Lipinski definition) is 2. The van der Waals surface area contributed by atoms with Crippen molar-refractivity contribution in [2.75, 3.05) is 0 Å². The average molecular weight is 346 g/mol. The summed E-state index contributed by atoms with van der Waals surface area (Å²) in [5.74, 6) is -3.19. The largest absolute Gasteiger partial charge is 0.489 e. The molecule has 0 aromatic heterocycles. The summed E-state index contributed by atoms with van der Waals surface area (Å²) in [4.78, 5) is 11.8. The van der Waals surface area contributed by atoms with Gasteiger partial charge in [-0.3, -0.25) is 4.79 Å². The number of halogens is 2. The minimum absolute atomic E-state index is 0.0560. The SMILES string of the molecule is O=C(O)C1(c2ccc(OCc3ccccc3)cc2)CCC(F)(F)CC1. The maximum absolute atomic E-state index is 13.4. The van der Waals surface area contributed by atoms with Gasteiger partial charge in [0.2, 0.25) is 5.92 Å². The lowest BCUT2D eigenvalue weighted by atomic mass is 9.68. The van der Waals surface area contributed by atoms with Crippen LogP contribution in [0.3, 0.4) is 0 Å². The van der Waals surface area contributed by atoms with Crippen molar-refractivity contribution in [3.05, 3.63) is 65.7 Å². The van der Waals surface area contributed by atoms with Gasteiger partial charge in [-0.2, -0.15) is 0 Å². The topological polar surface area (TPSA) is 46.5 Å². The van der Waals surface area contributed by atoms with Crippen LogP contribution in [0.25, 0.3) is 0 Å². The first kappa shape index (κ1) is 17.4. The van der Waals surface area contributed by atoms with Gasteiger partial charge in [-0.1, -0.05) is 42.5 Å². The fourth-order valence-corrected chi connectivity index (χ4v) is 3.28. The average Bonchev–Trinajstić information content (AvgIpc) is 2.61. The van der Waals surface area contributed by atoms with Gasteiger partial charge < -0.3 is 9.84 Å². The first-order valence-corrected chi connectivity index (χ1v) is 8.30. The normalized spacial score (nSPS) is 18.5. The quantitative estimate of drug-likeness (QED) is 0.846. The van der Waals surface area contributed by atoms with Crippen molar-refractivity contribution in [1.82, 2.24) is 0 Å². The number of carboxylic acids is 1. The van der Waals surface area contributed by atoms with Gasteiger partial charge in [-0.15, -0.1) is 0 Å². The molecule has 1 fully saturated rings. The zero-order valence-electron chi connectivity index (χ0n) is 13.8. The van der Waals surface area contributed by atoms with Gasteiger partial charge in [0.15, 0.2) is 0 Å². The number of benzene rings is 2. The molecular weight excluding hydrogens is 326 g/mol. The molecule has 132 valence electrons. The molecule has 2 aromatic rings. The van der Waals surface area contributed by atoms with Crippen molar-refractivity contribution in [1.29, 1.82) is 0 Å². The van der Waals surface area contributed by atoms with E-state index in [1.165, 1.54) is 0 Å². The van der Waals surface area contributed by atoms with Crippen LogP contribution in [0.5, 0.6) is 5.75 Å². The Kier molecular flexibility index (Phi) is 4.75. The number of ether oxygens (including phenoxy) is 1. The second-order valence-electron chi connectivity index (χ2n) is 6.54. The van der Waals surface area contributed by atoms with Crippen LogP contribution in [-0.4, -0.2) is 17.0 Å². The number of aliphatic carboxylic acids is 1. The van der Waals surface area contributed by atoms with Crippen molar-refractivity contribution in [2.45, 2.75) is 43.6 Å². The highest BCUT2D eigenvalue weighted by molar-refractivity contribution is 5.81. The molecule has 0 bridgehead atoms. The van der Waals surface area contributed by atoms with Gasteiger partial charge in [0.25, 0.3) is 0 Å². The second-order valence-corrected chi connectivity index (χ2v) is 6.54. The monoisotopic (exact) mass is 346 g/mol. The predicted octanol–water partition coefficient (Wildman–Crippen LogP) is 4.80. The Balaban J connectivity index is 1.73. The zero-order valence-corrected chi connectivity index (χ0v) is 13.8. The van der Waals surface area contributed by atoms with Crippen LogP contribution < -0.4 is 4.74 Å². The number of carbonyl (C=O) groups is 1. The molecule has 1 saturated carbocycles.